The van der Waals surface area contributed by atoms with Crippen molar-refractivity contribution in [2.75, 3.05) is 6.54 Å². The van der Waals surface area contributed by atoms with Crippen LogP contribution in [0, 0.1) is 5.92 Å². The summed E-state index contributed by atoms with van der Waals surface area (Å²) in [5.41, 5.74) is 0. The molecule has 8 heavy (non-hydrogen) atoms. The molecule has 1 aliphatic rings. The van der Waals surface area contributed by atoms with E-state index in [4.69, 9.17) is 0 Å². The topological polar surface area (TPSA) is 29.1 Å². The lowest BCUT2D eigenvalue weighted by Crippen LogP contribution is -2.22. The van der Waals surface area contributed by atoms with E-state index in [0.29, 0.717) is 5.92 Å². The Morgan fingerprint density at radius 3 is 2.75 bits per heavy atom. The second kappa shape index (κ2) is 2.27. The highest BCUT2D eigenvalue weighted by Crippen LogP contribution is 2.09. The molecule has 1 saturated heterocycles. The minimum atomic E-state index is 0.144. The molecule has 0 aromatic carbocycles. The van der Waals surface area contributed by atoms with Crippen molar-refractivity contribution in [3.63, 3.8) is 0 Å². The van der Waals surface area contributed by atoms with Gasteiger partial charge >= 0.3 is 0 Å². The molecule has 1 fully saturated rings. The lowest BCUT2D eigenvalue weighted by atomic mass is 10.1. The summed E-state index contributed by atoms with van der Waals surface area (Å²) >= 11 is 0. The van der Waals surface area contributed by atoms with Gasteiger partial charge in [-0.05, 0) is 18.9 Å². The quantitative estimate of drug-likeness (QED) is 0.491. The molecule has 0 aromatic rings. The molecule has 1 N–H and O–H groups in total. The first-order chi connectivity index (χ1) is 3.83. The molecular formula is C6H11NO. The summed E-state index contributed by atoms with van der Waals surface area (Å²) in [6.45, 7) is 3.15. The Bertz CT molecular complexity index is 92.5. The number of aldehydes is 1. The average Bonchev–Trinajstić information content (AvgIpc) is 2.14. The van der Waals surface area contributed by atoms with Gasteiger partial charge in [0.25, 0.3) is 0 Å². The van der Waals surface area contributed by atoms with Crippen LogP contribution in [-0.2, 0) is 4.79 Å². The Morgan fingerprint density at radius 1 is 1.75 bits per heavy atom. The van der Waals surface area contributed by atoms with Gasteiger partial charge in [0.1, 0.15) is 6.29 Å². The van der Waals surface area contributed by atoms with Crippen LogP contribution in [0.2, 0.25) is 0 Å². The van der Waals surface area contributed by atoms with Crippen molar-refractivity contribution in [2.45, 2.75) is 19.4 Å². The summed E-state index contributed by atoms with van der Waals surface area (Å²) in [6, 6.07) is 0.144. The fraction of sp³-hybridized carbons (Fsp3) is 0.833. The van der Waals surface area contributed by atoms with E-state index in [9.17, 15) is 4.79 Å². The fourth-order valence-corrected chi connectivity index (χ4v) is 1.06. The predicted octanol–water partition coefficient (Wildman–Crippen LogP) is 0.183. The molecule has 0 aromatic heterocycles. The van der Waals surface area contributed by atoms with E-state index in [0.717, 1.165) is 19.3 Å². The van der Waals surface area contributed by atoms with Gasteiger partial charge < -0.3 is 10.1 Å². The molecule has 2 unspecified atom stereocenters. The molecule has 0 spiro atoms. The molecule has 2 nitrogen and oxygen atoms in total. The molecule has 0 radical (unpaired) electrons. The Balaban J connectivity index is 2.32. The zero-order valence-corrected chi connectivity index (χ0v) is 5.05. The Kier molecular flexibility index (Phi) is 1.63. The van der Waals surface area contributed by atoms with Gasteiger partial charge in [0.2, 0.25) is 0 Å². The molecule has 0 saturated carbocycles. The third-order valence-electron chi connectivity index (χ3n) is 1.55. The SMILES string of the molecule is CC1CNC(C=O)C1. The zero-order valence-electron chi connectivity index (χ0n) is 5.05. The fourth-order valence-electron chi connectivity index (χ4n) is 1.06. The Labute approximate surface area is 49.3 Å². The van der Waals surface area contributed by atoms with E-state index in [1.807, 2.05) is 0 Å². The van der Waals surface area contributed by atoms with E-state index in [-0.39, 0.29) is 6.04 Å². The zero-order chi connectivity index (χ0) is 5.98. The smallest absolute Gasteiger partial charge is 0.136 e. The predicted molar refractivity (Wildman–Crippen MR) is 31.6 cm³/mol. The maximum absolute atomic E-state index is 10.1. The summed E-state index contributed by atoms with van der Waals surface area (Å²) in [5.74, 6) is 0.685. The highest BCUT2D eigenvalue weighted by molar-refractivity contribution is 5.58. The monoisotopic (exact) mass is 113 g/mol. The molecule has 0 bridgehead atoms. The number of carbonyl (C=O) groups is 1. The lowest BCUT2D eigenvalue weighted by Gasteiger charge is -1.94. The van der Waals surface area contributed by atoms with E-state index < -0.39 is 0 Å². The first kappa shape index (κ1) is 5.76. The van der Waals surface area contributed by atoms with Crippen molar-refractivity contribution >= 4 is 6.29 Å². The van der Waals surface area contributed by atoms with Gasteiger partial charge in [-0.25, -0.2) is 0 Å². The van der Waals surface area contributed by atoms with Crippen LogP contribution in [-0.4, -0.2) is 18.9 Å². The van der Waals surface area contributed by atoms with E-state index in [1.54, 1.807) is 0 Å². The van der Waals surface area contributed by atoms with Gasteiger partial charge in [-0.1, -0.05) is 6.92 Å². The van der Waals surface area contributed by atoms with E-state index >= 15 is 0 Å². The van der Waals surface area contributed by atoms with Crippen molar-refractivity contribution in [3.05, 3.63) is 0 Å². The molecule has 46 valence electrons. The number of carbonyl (C=O) groups excluding carboxylic acids is 1. The van der Waals surface area contributed by atoms with Crippen molar-refractivity contribution < 1.29 is 4.79 Å². The second-order valence-electron chi connectivity index (χ2n) is 2.49. The molecule has 2 heteroatoms. The van der Waals surface area contributed by atoms with Gasteiger partial charge in [-0.2, -0.15) is 0 Å². The van der Waals surface area contributed by atoms with Crippen molar-refractivity contribution in [3.8, 4) is 0 Å². The highest BCUT2D eigenvalue weighted by Gasteiger charge is 2.18. The van der Waals surface area contributed by atoms with Crippen LogP contribution < -0.4 is 5.32 Å². The standard InChI is InChI=1S/C6H11NO/c1-5-2-6(4-8)7-3-5/h4-7H,2-3H2,1H3. The van der Waals surface area contributed by atoms with Gasteiger partial charge in [-0.15, -0.1) is 0 Å². The van der Waals surface area contributed by atoms with Crippen LogP contribution >= 0.6 is 0 Å². The maximum Gasteiger partial charge on any atom is 0.136 e. The third-order valence-corrected chi connectivity index (χ3v) is 1.55. The van der Waals surface area contributed by atoms with Crippen LogP contribution in [0.4, 0.5) is 0 Å². The summed E-state index contributed by atoms with van der Waals surface area (Å²) < 4.78 is 0. The molecular weight excluding hydrogens is 102 g/mol. The van der Waals surface area contributed by atoms with Gasteiger partial charge in [-0.3, -0.25) is 0 Å². The molecule has 1 aliphatic heterocycles. The van der Waals surface area contributed by atoms with Crippen molar-refractivity contribution in [2.24, 2.45) is 5.92 Å². The minimum absolute atomic E-state index is 0.144. The van der Waals surface area contributed by atoms with Gasteiger partial charge in [0, 0.05) is 0 Å². The molecule has 1 rings (SSSR count). The number of rotatable bonds is 1. The minimum Gasteiger partial charge on any atom is -0.307 e. The molecule has 2 atom stereocenters. The van der Waals surface area contributed by atoms with E-state index in [1.165, 1.54) is 0 Å². The van der Waals surface area contributed by atoms with Crippen LogP contribution in [0.5, 0.6) is 0 Å². The Hall–Kier alpha value is -0.370. The number of hydrogen-bond donors (Lipinski definition) is 1. The summed E-state index contributed by atoms with van der Waals surface area (Å²) in [5, 5.41) is 3.09. The number of nitrogens with one attached hydrogen (secondary N) is 1. The maximum atomic E-state index is 10.1. The normalized spacial score (nSPS) is 37.6. The first-order valence-corrected chi connectivity index (χ1v) is 3.01. The molecule has 0 amide bonds. The van der Waals surface area contributed by atoms with E-state index in [2.05, 4.69) is 12.2 Å². The molecule has 0 aliphatic carbocycles. The van der Waals surface area contributed by atoms with Gasteiger partial charge in [0.05, 0.1) is 6.04 Å². The lowest BCUT2D eigenvalue weighted by molar-refractivity contribution is -0.109. The average molecular weight is 113 g/mol. The number of hydrogen-bond acceptors (Lipinski definition) is 2. The second-order valence-corrected chi connectivity index (χ2v) is 2.49. The van der Waals surface area contributed by atoms with Crippen molar-refractivity contribution in [1.29, 1.82) is 0 Å². The Morgan fingerprint density at radius 2 is 2.50 bits per heavy atom. The van der Waals surface area contributed by atoms with Crippen molar-refractivity contribution in [1.82, 2.24) is 5.32 Å². The van der Waals surface area contributed by atoms with Crippen LogP contribution in [0.25, 0.3) is 0 Å². The third kappa shape index (κ3) is 1.07. The first-order valence-electron chi connectivity index (χ1n) is 3.01. The largest absolute Gasteiger partial charge is 0.307 e. The molecule has 1 heterocycles. The summed E-state index contributed by atoms with van der Waals surface area (Å²) in [6.07, 6.45) is 2.01. The van der Waals surface area contributed by atoms with Crippen LogP contribution in [0.1, 0.15) is 13.3 Å². The summed E-state index contributed by atoms with van der Waals surface area (Å²) in [4.78, 5) is 10.1. The highest BCUT2D eigenvalue weighted by atomic mass is 16.1. The van der Waals surface area contributed by atoms with Gasteiger partial charge in [0.15, 0.2) is 0 Å². The summed E-state index contributed by atoms with van der Waals surface area (Å²) in [7, 11) is 0. The van der Waals surface area contributed by atoms with Crippen LogP contribution in [0.3, 0.4) is 0 Å². The van der Waals surface area contributed by atoms with Crippen LogP contribution in [0.15, 0.2) is 0 Å².